The van der Waals surface area contributed by atoms with E-state index in [9.17, 15) is 9.59 Å². The number of carbonyl (C=O) groups is 2. The number of pyridine rings is 2. The van der Waals surface area contributed by atoms with Gasteiger partial charge in [0.25, 0.3) is 0 Å². The molecule has 0 saturated carbocycles. The van der Waals surface area contributed by atoms with Gasteiger partial charge in [0.2, 0.25) is 11.8 Å². The lowest BCUT2D eigenvalue weighted by Gasteiger charge is -2.32. The average molecular weight is 381 g/mol. The van der Waals surface area contributed by atoms with E-state index in [4.69, 9.17) is 0 Å². The number of nitrogens with zero attached hydrogens (tertiary/aromatic N) is 4. The summed E-state index contributed by atoms with van der Waals surface area (Å²) in [5, 5.41) is 3.27. The minimum absolute atomic E-state index is 0.0139. The molecule has 28 heavy (non-hydrogen) atoms. The van der Waals surface area contributed by atoms with Gasteiger partial charge in [-0.05, 0) is 48.4 Å². The van der Waals surface area contributed by atoms with Crippen molar-refractivity contribution in [2.75, 3.05) is 27.2 Å². The van der Waals surface area contributed by atoms with Crippen LogP contribution >= 0.6 is 0 Å². The molecule has 1 fully saturated rings. The fourth-order valence-electron chi connectivity index (χ4n) is 3.67. The van der Waals surface area contributed by atoms with Gasteiger partial charge in [0.05, 0.1) is 5.41 Å². The largest absolute Gasteiger partial charge is 0.341 e. The molecule has 0 spiro atoms. The summed E-state index contributed by atoms with van der Waals surface area (Å²) in [5.41, 5.74) is 1.35. The lowest BCUT2D eigenvalue weighted by atomic mass is 9.81. The fraction of sp³-hybridized carbons (Fsp3) is 0.429. The third-order valence-electron chi connectivity index (χ3n) is 5.30. The van der Waals surface area contributed by atoms with Crippen molar-refractivity contribution in [3.63, 3.8) is 0 Å². The first kappa shape index (κ1) is 19.9. The maximum atomic E-state index is 13.3. The lowest BCUT2D eigenvalue weighted by Crippen LogP contribution is -2.46. The van der Waals surface area contributed by atoms with Crippen LogP contribution in [-0.4, -0.2) is 58.8 Å². The molecule has 1 N–H and O–H groups in total. The molecule has 3 heterocycles. The second-order valence-electron chi connectivity index (χ2n) is 7.51. The Balaban J connectivity index is 1.67. The van der Waals surface area contributed by atoms with E-state index < -0.39 is 5.41 Å². The molecule has 7 nitrogen and oxygen atoms in total. The highest BCUT2D eigenvalue weighted by Crippen LogP contribution is 2.33. The molecule has 1 aliphatic heterocycles. The van der Waals surface area contributed by atoms with Crippen LogP contribution in [0.25, 0.3) is 0 Å². The van der Waals surface area contributed by atoms with Crippen molar-refractivity contribution in [2.45, 2.75) is 25.9 Å². The van der Waals surface area contributed by atoms with Gasteiger partial charge in [-0.2, -0.15) is 0 Å². The molecule has 1 atom stereocenters. The first-order valence-corrected chi connectivity index (χ1v) is 9.48. The maximum absolute atomic E-state index is 13.3. The molecular weight excluding hydrogens is 354 g/mol. The topological polar surface area (TPSA) is 78.4 Å². The van der Waals surface area contributed by atoms with Gasteiger partial charge in [0.15, 0.2) is 0 Å². The summed E-state index contributed by atoms with van der Waals surface area (Å²) in [6.07, 6.45) is 7.75. The summed E-state index contributed by atoms with van der Waals surface area (Å²) in [4.78, 5) is 37.6. The van der Waals surface area contributed by atoms with Gasteiger partial charge < -0.3 is 15.1 Å². The van der Waals surface area contributed by atoms with Crippen molar-refractivity contribution in [3.8, 4) is 0 Å². The number of hydrogen-bond acceptors (Lipinski definition) is 5. The van der Waals surface area contributed by atoms with Crippen molar-refractivity contribution in [1.82, 2.24) is 25.1 Å². The smallest absolute Gasteiger partial charge is 0.230 e. The first-order chi connectivity index (χ1) is 13.5. The van der Waals surface area contributed by atoms with Gasteiger partial charge in [-0.15, -0.1) is 0 Å². The third-order valence-corrected chi connectivity index (χ3v) is 5.30. The molecular formula is C21H27N5O2. The van der Waals surface area contributed by atoms with Crippen molar-refractivity contribution in [3.05, 3.63) is 60.2 Å². The molecule has 7 heteroatoms. The maximum Gasteiger partial charge on any atom is 0.230 e. The number of amides is 2. The van der Waals surface area contributed by atoms with Crippen molar-refractivity contribution in [1.29, 1.82) is 0 Å². The molecule has 2 aromatic rings. The predicted octanol–water partition coefficient (Wildman–Crippen LogP) is 1.46. The zero-order valence-corrected chi connectivity index (χ0v) is 16.5. The van der Waals surface area contributed by atoms with Gasteiger partial charge in [0, 0.05) is 64.9 Å². The van der Waals surface area contributed by atoms with Crippen LogP contribution in [0, 0.1) is 5.41 Å². The molecule has 0 aliphatic carbocycles. The second kappa shape index (κ2) is 8.93. The molecule has 3 rings (SSSR count). The first-order valence-electron chi connectivity index (χ1n) is 9.48. The van der Waals surface area contributed by atoms with Crippen LogP contribution < -0.4 is 5.32 Å². The highest BCUT2D eigenvalue weighted by Gasteiger charge is 2.45. The minimum atomic E-state index is -0.689. The van der Waals surface area contributed by atoms with Gasteiger partial charge >= 0.3 is 0 Å². The molecule has 1 saturated heterocycles. The summed E-state index contributed by atoms with van der Waals surface area (Å²) in [5.74, 6) is -0.00820. The van der Waals surface area contributed by atoms with E-state index in [1.807, 2.05) is 24.3 Å². The van der Waals surface area contributed by atoms with Crippen molar-refractivity contribution < 1.29 is 9.59 Å². The molecule has 148 valence electrons. The van der Waals surface area contributed by atoms with Crippen molar-refractivity contribution >= 4 is 11.8 Å². The van der Waals surface area contributed by atoms with E-state index in [1.165, 1.54) is 0 Å². The zero-order chi connectivity index (χ0) is 20.0. The van der Waals surface area contributed by atoms with Crippen LogP contribution in [0.3, 0.4) is 0 Å². The Hall–Kier alpha value is -2.80. The van der Waals surface area contributed by atoms with E-state index in [0.717, 1.165) is 17.7 Å². The Bertz CT molecular complexity index is 791. The lowest BCUT2D eigenvalue weighted by molar-refractivity contribution is -0.146. The summed E-state index contributed by atoms with van der Waals surface area (Å²) < 4.78 is 0. The van der Waals surface area contributed by atoms with E-state index in [-0.39, 0.29) is 18.2 Å². The second-order valence-corrected chi connectivity index (χ2v) is 7.51. The van der Waals surface area contributed by atoms with E-state index >= 15 is 0 Å². The molecule has 0 aromatic carbocycles. The third kappa shape index (κ3) is 4.72. The molecule has 2 amide bonds. The molecule has 0 radical (unpaired) electrons. The van der Waals surface area contributed by atoms with Gasteiger partial charge in [-0.3, -0.25) is 19.6 Å². The van der Waals surface area contributed by atoms with Crippen LogP contribution in [0.1, 0.15) is 24.0 Å². The molecule has 1 aliphatic rings. The Morgan fingerprint density at radius 3 is 2.00 bits per heavy atom. The van der Waals surface area contributed by atoms with Gasteiger partial charge in [0.1, 0.15) is 0 Å². The summed E-state index contributed by atoms with van der Waals surface area (Å²) in [7, 11) is 3.58. The average Bonchev–Trinajstić information content (AvgIpc) is 3.18. The van der Waals surface area contributed by atoms with Crippen LogP contribution in [0.5, 0.6) is 0 Å². The van der Waals surface area contributed by atoms with Crippen LogP contribution in [0.15, 0.2) is 49.1 Å². The van der Waals surface area contributed by atoms with E-state index in [0.29, 0.717) is 26.1 Å². The number of carbonyl (C=O) groups excluding carboxylic acids is 2. The number of rotatable bonds is 7. The molecule has 0 bridgehead atoms. The monoisotopic (exact) mass is 381 g/mol. The zero-order valence-electron chi connectivity index (χ0n) is 16.5. The Morgan fingerprint density at radius 1 is 0.964 bits per heavy atom. The Labute approximate surface area is 165 Å². The van der Waals surface area contributed by atoms with Crippen LogP contribution in [0.4, 0.5) is 0 Å². The van der Waals surface area contributed by atoms with E-state index in [2.05, 4.69) is 15.3 Å². The van der Waals surface area contributed by atoms with Gasteiger partial charge in [-0.1, -0.05) is 0 Å². The highest BCUT2D eigenvalue weighted by atomic mass is 16.2. The molecule has 2 aromatic heterocycles. The fourth-order valence-corrected chi connectivity index (χ4v) is 3.67. The van der Waals surface area contributed by atoms with Crippen molar-refractivity contribution in [2.24, 2.45) is 5.41 Å². The Morgan fingerprint density at radius 2 is 1.50 bits per heavy atom. The normalized spacial score (nSPS) is 18.6. The summed E-state index contributed by atoms with van der Waals surface area (Å²) in [6, 6.07) is 7.59. The Kier molecular flexibility index (Phi) is 6.36. The quantitative estimate of drug-likeness (QED) is 0.786. The predicted molar refractivity (Wildman–Crippen MR) is 106 cm³/mol. The van der Waals surface area contributed by atoms with Crippen LogP contribution in [-0.2, 0) is 22.7 Å². The molecule has 1 unspecified atom stereocenters. The summed E-state index contributed by atoms with van der Waals surface area (Å²) in [6.45, 7) is 2.29. The minimum Gasteiger partial charge on any atom is -0.341 e. The van der Waals surface area contributed by atoms with E-state index in [1.54, 1.807) is 48.7 Å². The SMILES string of the molecule is CN(Cc1ccncc1)C(=O)CC1(C(=O)N(C)Cc2ccncc2)CCNC1. The standard InChI is InChI=1S/C21H27N5O2/c1-25(14-17-3-8-22-9-4-17)19(27)13-21(7-12-24-16-21)20(28)26(2)15-18-5-10-23-11-6-18/h3-6,8-11,24H,7,12-16H2,1-2H3. The number of aromatic nitrogens is 2. The summed E-state index contributed by atoms with van der Waals surface area (Å²) >= 11 is 0. The highest BCUT2D eigenvalue weighted by molar-refractivity contribution is 5.89. The van der Waals surface area contributed by atoms with Crippen LogP contribution in [0.2, 0.25) is 0 Å². The number of hydrogen-bond donors (Lipinski definition) is 1. The number of nitrogens with one attached hydrogen (secondary N) is 1. The van der Waals surface area contributed by atoms with Gasteiger partial charge in [-0.25, -0.2) is 0 Å².